The number of carbonyl (C=O) groups excluding carboxylic acids is 1. The quantitative estimate of drug-likeness (QED) is 0.727. The van der Waals surface area contributed by atoms with Gasteiger partial charge in [-0.2, -0.15) is 0 Å². The van der Waals surface area contributed by atoms with Crippen LogP contribution in [0.5, 0.6) is 5.75 Å². The van der Waals surface area contributed by atoms with Crippen LogP contribution >= 0.6 is 0 Å². The van der Waals surface area contributed by atoms with E-state index in [4.69, 9.17) is 9.26 Å². The van der Waals surface area contributed by atoms with Crippen LogP contribution in [-0.2, 0) is 17.9 Å². The molecule has 0 unspecified atom stereocenters. The Labute approximate surface area is 148 Å². The topological polar surface area (TPSA) is 97.5 Å². The number of aromatic hydroxyl groups is 1. The van der Waals surface area contributed by atoms with Crippen LogP contribution in [0.1, 0.15) is 16.8 Å². The zero-order valence-electron chi connectivity index (χ0n) is 13.9. The van der Waals surface area contributed by atoms with Crippen LogP contribution in [0.4, 0.5) is 9.18 Å². The van der Waals surface area contributed by atoms with Crippen molar-refractivity contribution in [3.63, 3.8) is 0 Å². The number of nitrogens with zero attached hydrogens (tertiary/aromatic N) is 2. The van der Waals surface area contributed by atoms with E-state index < -0.39 is 6.09 Å². The number of ether oxygens (including phenoxy) is 1. The Morgan fingerprint density at radius 2 is 2.04 bits per heavy atom. The first-order valence-corrected chi connectivity index (χ1v) is 7.78. The van der Waals surface area contributed by atoms with Crippen molar-refractivity contribution in [3.05, 3.63) is 65.2 Å². The molecule has 8 heteroatoms. The molecule has 2 heterocycles. The van der Waals surface area contributed by atoms with Crippen molar-refractivity contribution >= 4 is 6.09 Å². The predicted molar refractivity (Wildman–Crippen MR) is 89.6 cm³/mol. The van der Waals surface area contributed by atoms with Gasteiger partial charge in [0.15, 0.2) is 5.76 Å². The number of rotatable bonds is 5. The highest BCUT2D eigenvalue weighted by atomic mass is 19.1. The van der Waals surface area contributed by atoms with E-state index in [0.717, 1.165) is 0 Å². The lowest BCUT2D eigenvalue weighted by Crippen LogP contribution is -2.24. The molecule has 1 aromatic carbocycles. The third kappa shape index (κ3) is 4.15. The molecule has 0 aliphatic heterocycles. The van der Waals surface area contributed by atoms with E-state index >= 15 is 0 Å². The zero-order valence-corrected chi connectivity index (χ0v) is 13.9. The average Bonchev–Trinajstić information content (AvgIpc) is 3.01. The molecule has 3 rings (SSSR count). The number of nitrogens with one attached hydrogen (secondary N) is 1. The Morgan fingerprint density at radius 3 is 2.73 bits per heavy atom. The van der Waals surface area contributed by atoms with Gasteiger partial charge in [-0.15, -0.1) is 0 Å². The number of amides is 1. The number of benzene rings is 1. The molecule has 0 aliphatic carbocycles. The number of hydrogen-bond donors (Lipinski definition) is 2. The number of aryl methyl sites for hydroxylation is 1. The maximum absolute atomic E-state index is 12.8. The maximum Gasteiger partial charge on any atom is 0.407 e. The number of hydrogen-bond acceptors (Lipinski definition) is 6. The van der Waals surface area contributed by atoms with Gasteiger partial charge in [0, 0.05) is 5.56 Å². The molecular weight excluding hydrogens is 341 g/mol. The van der Waals surface area contributed by atoms with Crippen LogP contribution < -0.4 is 5.32 Å². The molecule has 0 fully saturated rings. The van der Waals surface area contributed by atoms with Crippen LogP contribution in [0.2, 0.25) is 0 Å². The fourth-order valence-electron chi connectivity index (χ4n) is 2.26. The zero-order chi connectivity index (χ0) is 18.5. The number of alkyl carbamates (subject to hydrolysis) is 1. The standard InChI is InChI=1S/C18H16FN3O4/c1-11-15(17(26-22-11)16-7-6-14(23)8-20-16)9-21-18(24)25-10-12-2-4-13(19)5-3-12/h2-8,23H,9-10H2,1H3,(H,21,24). The number of halogens is 1. The van der Waals surface area contributed by atoms with Crippen molar-refractivity contribution < 1.29 is 23.6 Å². The van der Waals surface area contributed by atoms with Gasteiger partial charge in [0.25, 0.3) is 0 Å². The Balaban J connectivity index is 1.60. The minimum atomic E-state index is -0.625. The Bertz CT molecular complexity index is 892. The predicted octanol–water partition coefficient (Wildman–Crippen LogP) is 3.32. The number of pyridine rings is 1. The maximum atomic E-state index is 12.8. The van der Waals surface area contributed by atoms with E-state index in [2.05, 4.69) is 15.5 Å². The lowest BCUT2D eigenvalue weighted by molar-refractivity contribution is 0.139. The van der Waals surface area contributed by atoms with Gasteiger partial charge < -0.3 is 19.7 Å². The van der Waals surface area contributed by atoms with Crippen LogP contribution in [0.25, 0.3) is 11.5 Å². The van der Waals surface area contributed by atoms with E-state index in [-0.39, 0.29) is 24.7 Å². The second kappa shape index (κ2) is 7.64. The van der Waals surface area contributed by atoms with E-state index in [1.165, 1.54) is 24.4 Å². The smallest absolute Gasteiger partial charge is 0.407 e. The number of carbonyl (C=O) groups is 1. The fourth-order valence-corrected chi connectivity index (χ4v) is 2.26. The first-order chi connectivity index (χ1) is 12.5. The lowest BCUT2D eigenvalue weighted by atomic mass is 10.1. The molecule has 0 spiro atoms. The normalized spacial score (nSPS) is 10.5. The molecule has 3 aromatic rings. The molecule has 0 saturated carbocycles. The van der Waals surface area contributed by atoms with Gasteiger partial charge in [0.05, 0.1) is 18.4 Å². The summed E-state index contributed by atoms with van der Waals surface area (Å²) in [6, 6.07) is 8.75. The summed E-state index contributed by atoms with van der Waals surface area (Å²) < 4.78 is 23.2. The summed E-state index contributed by atoms with van der Waals surface area (Å²) in [5.74, 6) is 0.0897. The number of aromatic nitrogens is 2. The molecular formula is C18H16FN3O4. The Hall–Kier alpha value is -3.42. The molecule has 0 aliphatic rings. The van der Waals surface area contributed by atoms with Gasteiger partial charge in [-0.1, -0.05) is 17.3 Å². The van der Waals surface area contributed by atoms with Gasteiger partial charge >= 0.3 is 6.09 Å². The summed E-state index contributed by atoms with van der Waals surface area (Å²) in [6.07, 6.45) is 0.668. The van der Waals surface area contributed by atoms with E-state index in [0.29, 0.717) is 28.3 Å². The van der Waals surface area contributed by atoms with Gasteiger partial charge in [-0.3, -0.25) is 0 Å². The highest BCUT2D eigenvalue weighted by Crippen LogP contribution is 2.25. The van der Waals surface area contributed by atoms with Crippen molar-refractivity contribution in [2.75, 3.05) is 0 Å². The molecule has 1 amide bonds. The Morgan fingerprint density at radius 1 is 1.27 bits per heavy atom. The molecule has 26 heavy (non-hydrogen) atoms. The third-order valence-corrected chi connectivity index (χ3v) is 3.66. The molecule has 7 nitrogen and oxygen atoms in total. The second-order valence-electron chi connectivity index (χ2n) is 5.53. The monoisotopic (exact) mass is 357 g/mol. The van der Waals surface area contributed by atoms with Gasteiger partial charge in [0.2, 0.25) is 0 Å². The SMILES string of the molecule is Cc1noc(-c2ccc(O)cn2)c1CNC(=O)OCc1ccc(F)cc1. The van der Waals surface area contributed by atoms with Crippen LogP contribution in [-0.4, -0.2) is 21.3 Å². The molecule has 2 aromatic heterocycles. The molecule has 0 saturated heterocycles. The van der Waals surface area contributed by atoms with Crippen molar-refractivity contribution in [3.8, 4) is 17.2 Å². The van der Waals surface area contributed by atoms with Crippen LogP contribution in [0.3, 0.4) is 0 Å². The van der Waals surface area contributed by atoms with Gasteiger partial charge in [-0.05, 0) is 36.8 Å². The molecule has 0 atom stereocenters. The fraction of sp³-hybridized carbons (Fsp3) is 0.167. The van der Waals surface area contributed by atoms with Crippen LogP contribution in [0.15, 0.2) is 47.1 Å². The summed E-state index contributed by atoms with van der Waals surface area (Å²) in [5.41, 5.74) is 2.42. The average molecular weight is 357 g/mol. The summed E-state index contributed by atoms with van der Waals surface area (Å²) in [4.78, 5) is 15.9. The van der Waals surface area contributed by atoms with Crippen molar-refractivity contribution in [1.29, 1.82) is 0 Å². The van der Waals surface area contributed by atoms with E-state index in [1.54, 1.807) is 25.1 Å². The molecule has 2 N–H and O–H groups in total. The minimum Gasteiger partial charge on any atom is -0.506 e. The largest absolute Gasteiger partial charge is 0.506 e. The van der Waals surface area contributed by atoms with Crippen molar-refractivity contribution in [1.82, 2.24) is 15.5 Å². The summed E-state index contributed by atoms with van der Waals surface area (Å²) >= 11 is 0. The van der Waals surface area contributed by atoms with Gasteiger partial charge in [-0.25, -0.2) is 14.2 Å². The van der Waals surface area contributed by atoms with Crippen molar-refractivity contribution in [2.24, 2.45) is 0 Å². The third-order valence-electron chi connectivity index (χ3n) is 3.66. The molecule has 0 radical (unpaired) electrons. The minimum absolute atomic E-state index is 0.0289. The summed E-state index contributed by atoms with van der Waals surface area (Å²) in [7, 11) is 0. The Kier molecular flexibility index (Phi) is 5.12. The highest BCUT2D eigenvalue weighted by molar-refractivity contribution is 5.68. The lowest BCUT2D eigenvalue weighted by Gasteiger charge is -2.07. The second-order valence-corrected chi connectivity index (χ2v) is 5.53. The molecule has 134 valence electrons. The van der Waals surface area contributed by atoms with E-state index in [1.807, 2.05) is 0 Å². The molecule has 0 bridgehead atoms. The summed E-state index contributed by atoms with van der Waals surface area (Å²) in [6.45, 7) is 1.91. The van der Waals surface area contributed by atoms with Crippen LogP contribution in [0, 0.1) is 12.7 Å². The summed E-state index contributed by atoms with van der Waals surface area (Å²) in [5, 5.41) is 15.8. The highest BCUT2D eigenvalue weighted by Gasteiger charge is 2.17. The van der Waals surface area contributed by atoms with Gasteiger partial charge in [0.1, 0.15) is 23.9 Å². The van der Waals surface area contributed by atoms with E-state index in [9.17, 15) is 14.3 Å². The van der Waals surface area contributed by atoms with Crippen molar-refractivity contribution in [2.45, 2.75) is 20.1 Å². The first kappa shape index (κ1) is 17.4. The first-order valence-electron chi connectivity index (χ1n) is 7.78.